The summed E-state index contributed by atoms with van der Waals surface area (Å²) in [6, 6.07) is 18.7. The van der Waals surface area contributed by atoms with Gasteiger partial charge in [-0.15, -0.1) is 0 Å². The number of aliphatic imine (C=N–C) groups is 1. The summed E-state index contributed by atoms with van der Waals surface area (Å²) in [5, 5.41) is 11.4. The maximum Gasteiger partial charge on any atom is 0.334 e. The van der Waals surface area contributed by atoms with Crippen molar-refractivity contribution in [3.05, 3.63) is 81.9 Å². The van der Waals surface area contributed by atoms with E-state index in [1.54, 1.807) is 6.92 Å². The highest BCUT2D eigenvalue weighted by molar-refractivity contribution is 6.05. The molecule has 0 aliphatic carbocycles. The number of nitro groups is 1. The quantitative estimate of drug-likeness (QED) is 0.426. The Bertz CT molecular complexity index is 836. The minimum absolute atomic E-state index is 0.205. The molecule has 0 saturated heterocycles. The number of carbonyl (C=O) groups is 1. The molecular weight excluding hydrogens is 344 g/mol. The molecule has 0 fully saturated rings. The summed E-state index contributed by atoms with van der Waals surface area (Å²) in [4.78, 5) is 28.8. The van der Waals surface area contributed by atoms with Crippen LogP contribution in [0.4, 0.5) is 0 Å². The van der Waals surface area contributed by atoms with Crippen molar-refractivity contribution in [1.82, 2.24) is 0 Å². The van der Waals surface area contributed by atoms with Gasteiger partial charge in [0, 0.05) is 10.6 Å². The lowest BCUT2D eigenvalue weighted by Gasteiger charge is -2.30. The van der Waals surface area contributed by atoms with Gasteiger partial charge in [0.1, 0.15) is 0 Å². The second-order valence-electron chi connectivity index (χ2n) is 6.55. The van der Waals surface area contributed by atoms with Gasteiger partial charge in [0.05, 0.1) is 12.5 Å². The molecule has 6 heteroatoms. The minimum Gasteiger partial charge on any atom is -0.464 e. The van der Waals surface area contributed by atoms with Crippen LogP contribution in [-0.4, -0.2) is 35.3 Å². The van der Waals surface area contributed by atoms with Gasteiger partial charge in [0.15, 0.2) is 5.54 Å². The Labute approximate surface area is 158 Å². The van der Waals surface area contributed by atoms with Gasteiger partial charge in [-0.05, 0) is 30.9 Å². The Hall–Kier alpha value is -3.02. The molecule has 2 atom stereocenters. The Morgan fingerprint density at radius 2 is 1.81 bits per heavy atom. The number of nitrogens with zero attached hydrogens (tertiary/aromatic N) is 2. The van der Waals surface area contributed by atoms with E-state index in [4.69, 9.17) is 9.73 Å². The van der Waals surface area contributed by atoms with E-state index in [1.165, 1.54) is 0 Å². The zero-order valence-electron chi connectivity index (χ0n) is 15.2. The van der Waals surface area contributed by atoms with E-state index in [0.717, 1.165) is 16.8 Å². The molecule has 2 aromatic carbocycles. The molecular formula is C21H22N2O4. The highest BCUT2D eigenvalue weighted by Crippen LogP contribution is 2.42. The highest BCUT2D eigenvalue weighted by atomic mass is 16.6. The third kappa shape index (κ3) is 3.89. The van der Waals surface area contributed by atoms with E-state index in [-0.39, 0.29) is 18.1 Å². The van der Waals surface area contributed by atoms with E-state index >= 15 is 0 Å². The van der Waals surface area contributed by atoms with Crippen LogP contribution in [0.1, 0.15) is 36.8 Å². The van der Waals surface area contributed by atoms with Crippen molar-refractivity contribution in [2.24, 2.45) is 4.99 Å². The van der Waals surface area contributed by atoms with Crippen LogP contribution in [0.2, 0.25) is 0 Å². The molecule has 0 radical (unpaired) electrons. The van der Waals surface area contributed by atoms with Crippen molar-refractivity contribution in [3.8, 4) is 0 Å². The van der Waals surface area contributed by atoms with Gasteiger partial charge in [-0.2, -0.15) is 0 Å². The summed E-state index contributed by atoms with van der Waals surface area (Å²) >= 11 is 0. The van der Waals surface area contributed by atoms with Crippen molar-refractivity contribution < 1.29 is 14.5 Å². The molecule has 0 spiro atoms. The topological polar surface area (TPSA) is 81.8 Å². The third-order valence-corrected chi connectivity index (χ3v) is 4.92. The maximum atomic E-state index is 13.0. The summed E-state index contributed by atoms with van der Waals surface area (Å²) in [5.74, 6) is -1.18. The predicted molar refractivity (Wildman–Crippen MR) is 103 cm³/mol. The van der Waals surface area contributed by atoms with E-state index in [1.807, 2.05) is 60.7 Å². The SMILES string of the molecule is CCOC(=O)[C@]1([C@@H](C[N+](=O)[O-])c2ccccc2)CCC(c2ccccc2)=N1. The monoisotopic (exact) mass is 366 g/mol. The average molecular weight is 366 g/mol. The van der Waals surface area contributed by atoms with Gasteiger partial charge >= 0.3 is 5.97 Å². The second-order valence-corrected chi connectivity index (χ2v) is 6.55. The maximum absolute atomic E-state index is 13.0. The van der Waals surface area contributed by atoms with Gasteiger partial charge in [-0.1, -0.05) is 60.7 Å². The molecule has 1 aliphatic heterocycles. The Kier molecular flexibility index (Phi) is 5.64. The molecule has 2 aromatic rings. The van der Waals surface area contributed by atoms with E-state index in [9.17, 15) is 14.9 Å². The second kappa shape index (κ2) is 8.12. The molecule has 1 aliphatic rings. The summed E-state index contributed by atoms with van der Waals surface area (Å²) < 4.78 is 5.33. The molecule has 0 amide bonds. The average Bonchev–Trinajstić information content (AvgIpc) is 3.14. The Balaban J connectivity index is 2.10. The van der Waals surface area contributed by atoms with Gasteiger partial charge in [0.25, 0.3) is 0 Å². The molecule has 27 heavy (non-hydrogen) atoms. The summed E-state index contributed by atoms with van der Waals surface area (Å²) in [7, 11) is 0. The number of carbonyl (C=O) groups excluding carboxylic acids is 1. The lowest BCUT2D eigenvalue weighted by molar-refractivity contribution is -0.484. The number of benzene rings is 2. The van der Waals surface area contributed by atoms with Crippen molar-refractivity contribution in [2.45, 2.75) is 31.2 Å². The standard InChI is InChI=1S/C21H22N2O4/c1-2-27-20(24)21(14-13-19(22-21)17-11-7-4-8-12-17)18(15-23(25)26)16-9-5-3-6-10-16/h3-12,18H,2,13-15H2,1H3/t18-,21+/m0/s1. The fourth-order valence-corrected chi connectivity index (χ4v) is 3.67. The molecule has 0 aromatic heterocycles. The largest absolute Gasteiger partial charge is 0.464 e. The van der Waals surface area contributed by atoms with Crippen LogP contribution < -0.4 is 0 Å². The van der Waals surface area contributed by atoms with Crippen LogP contribution in [0.25, 0.3) is 0 Å². The first kappa shape index (κ1) is 18.8. The van der Waals surface area contributed by atoms with Gasteiger partial charge < -0.3 is 4.74 Å². The first-order valence-electron chi connectivity index (χ1n) is 9.05. The number of hydrogen-bond donors (Lipinski definition) is 0. The van der Waals surface area contributed by atoms with Gasteiger partial charge in [-0.3, -0.25) is 15.1 Å². The first-order chi connectivity index (χ1) is 13.1. The van der Waals surface area contributed by atoms with E-state index < -0.39 is 17.4 Å². The van der Waals surface area contributed by atoms with Crippen LogP contribution in [0.5, 0.6) is 0 Å². The van der Waals surface area contributed by atoms with Crippen LogP contribution in [-0.2, 0) is 9.53 Å². The molecule has 0 bridgehead atoms. The number of esters is 1. The van der Waals surface area contributed by atoms with Crippen LogP contribution >= 0.6 is 0 Å². The van der Waals surface area contributed by atoms with Crippen molar-refractivity contribution in [2.75, 3.05) is 13.2 Å². The fourth-order valence-electron chi connectivity index (χ4n) is 3.67. The zero-order chi connectivity index (χ0) is 19.3. The summed E-state index contributed by atoms with van der Waals surface area (Å²) in [6.45, 7) is 1.55. The number of rotatable bonds is 7. The summed E-state index contributed by atoms with van der Waals surface area (Å²) in [6.07, 6.45) is 0.966. The van der Waals surface area contributed by atoms with E-state index in [2.05, 4.69) is 0 Å². The highest BCUT2D eigenvalue weighted by Gasteiger charge is 2.52. The van der Waals surface area contributed by atoms with E-state index in [0.29, 0.717) is 12.8 Å². The van der Waals surface area contributed by atoms with Crippen molar-refractivity contribution in [3.63, 3.8) is 0 Å². The first-order valence-corrected chi connectivity index (χ1v) is 9.05. The molecule has 6 nitrogen and oxygen atoms in total. The molecule has 140 valence electrons. The van der Waals surface area contributed by atoms with Crippen LogP contribution in [0, 0.1) is 10.1 Å². The van der Waals surface area contributed by atoms with Gasteiger partial charge in [-0.25, -0.2) is 4.79 Å². The number of ether oxygens (including phenoxy) is 1. The molecule has 0 saturated carbocycles. The smallest absolute Gasteiger partial charge is 0.334 e. The fraction of sp³-hybridized carbons (Fsp3) is 0.333. The number of hydrogen-bond acceptors (Lipinski definition) is 5. The van der Waals surface area contributed by atoms with Crippen LogP contribution in [0.15, 0.2) is 65.7 Å². The molecule has 1 heterocycles. The summed E-state index contributed by atoms with van der Waals surface area (Å²) in [5.41, 5.74) is 1.15. The third-order valence-electron chi connectivity index (χ3n) is 4.92. The molecule has 0 unspecified atom stereocenters. The molecule has 3 rings (SSSR count). The lowest BCUT2D eigenvalue weighted by atomic mass is 9.77. The lowest BCUT2D eigenvalue weighted by Crippen LogP contribution is -2.45. The predicted octanol–water partition coefficient (Wildman–Crippen LogP) is 3.63. The Morgan fingerprint density at radius 1 is 1.19 bits per heavy atom. The normalized spacial score (nSPS) is 20.0. The molecule has 0 N–H and O–H groups in total. The van der Waals surface area contributed by atoms with Gasteiger partial charge in [0.2, 0.25) is 6.54 Å². The minimum atomic E-state index is -1.28. The van der Waals surface area contributed by atoms with Crippen LogP contribution in [0.3, 0.4) is 0 Å². The Morgan fingerprint density at radius 3 is 2.41 bits per heavy atom. The zero-order valence-corrected chi connectivity index (χ0v) is 15.2. The van der Waals surface area contributed by atoms with Crippen molar-refractivity contribution in [1.29, 1.82) is 0 Å². The van der Waals surface area contributed by atoms with Crippen molar-refractivity contribution >= 4 is 11.7 Å².